The van der Waals surface area contributed by atoms with Gasteiger partial charge in [-0.15, -0.1) is 0 Å². The highest BCUT2D eigenvalue weighted by Gasteiger charge is 2.07. The molecule has 5 nitrogen and oxygen atoms in total. The Balaban J connectivity index is 1.65. The van der Waals surface area contributed by atoms with Crippen LogP contribution in [0.3, 0.4) is 0 Å². The fourth-order valence-electron chi connectivity index (χ4n) is 2.25. The molecule has 0 saturated heterocycles. The first-order valence-corrected chi connectivity index (χ1v) is 7.97. The second-order valence-electron chi connectivity index (χ2n) is 5.30. The molecule has 3 aromatic rings. The number of aromatic nitrogens is 2. The fraction of sp³-hybridized carbons (Fsp3) is 0.111. The van der Waals surface area contributed by atoms with Crippen LogP contribution in [0.15, 0.2) is 60.9 Å². The summed E-state index contributed by atoms with van der Waals surface area (Å²) >= 11 is 5.89. The Bertz CT molecular complexity index is 790. The number of halogens is 1. The lowest BCUT2D eigenvalue weighted by Gasteiger charge is -2.12. The van der Waals surface area contributed by atoms with Crippen molar-refractivity contribution in [1.29, 1.82) is 0 Å². The number of hydrogen-bond acceptors (Lipinski definition) is 5. The smallest absolute Gasteiger partial charge is 0.155 e. The quantitative estimate of drug-likeness (QED) is 0.634. The lowest BCUT2D eigenvalue weighted by Crippen LogP contribution is -2.09. The van der Waals surface area contributed by atoms with E-state index in [9.17, 15) is 0 Å². The highest BCUT2D eigenvalue weighted by Crippen LogP contribution is 2.23. The normalized spacial score (nSPS) is 10.4. The van der Waals surface area contributed by atoms with Gasteiger partial charge >= 0.3 is 0 Å². The van der Waals surface area contributed by atoms with Crippen molar-refractivity contribution in [2.45, 2.75) is 13.1 Å². The van der Waals surface area contributed by atoms with Gasteiger partial charge in [0.15, 0.2) is 11.6 Å². The third-order valence-electron chi connectivity index (χ3n) is 3.56. The molecule has 0 radical (unpaired) electrons. The number of nitrogens with two attached hydrogens (primary N) is 1. The largest absolute Gasteiger partial charge is 0.393 e. The van der Waals surface area contributed by atoms with E-state index >= 15 is 0 Å². The molecule has 1 heterocycles. The van der Waals surface area contributed by atoms with Gasteiger partial charge in [-0.2, -0.15) is 0 Å². The molecule has 2 aromatic carbocycles. The van der Waals surface area contributed by atoms with Crippen LogP contribution in [-0.2, 0) is 13.1 Å². The van der Waals surface area contributed by atoms with Crippen LogP contribution in [0.2, 0.25) is 5.02 Å². The summed E-state index contributed by atoms with van der Waals surface area (Å²) in [5, 5.41) is 7.19. The van der Waals surface area contributed by atoms with Gasteiger partial charge in [-0.25, -0.2) is 9.97 Å². The van der Waals surface area contributed by atoms with Crippen LogP contribution in [0.25, 0.3) is 0 Å². The van der Waals surface area contributed by atoms with Crippen molar-refractivity contribution in [1.82, 2.24) is 9.97 Å². The van der Waals surface area contributed by atoms with Gasteiger partial charge in [-0.1, -0.05) is 54.1 Å². The Labute approximate surface area is 145 Å². The summed E-state index contributed by atoms with van der Waals surface area (Å²) in [6.45, 7) is 1.26. The molecule has 4 N–H and O–H groups in total. The predicted octanol–water partition coefficient (Wildman–Crippen LogP) is 3.94. The molecule has 0 aliphatic rings. The zero-order valence-corrected chi connectivity index (χ0v) is 13.8. The highest BCUT2D eigenvalue weighted by atomic mass is 35.5. The van der Waals surface area contributed by atoms with E-state index in [1.54, 1.807) is 0 Å². The minimum Gasteiger partial charge on any atom is -0.393 e. The van der Waals surface area contributed by atoms with Gasteiger partial charge in [0, 0.05) is 18.1 Å². The van der Waals surface area contributed by atoms with E-state index < -0.39 is 0 Å². The monoisotopic (exact) mass is 339 g/mol. The first-order valence-electron chi connectivity index (χ1n) is 7.59. The Morgan fingerprint density at radius 3 is 1.92 bits per heavy atom. The van der Waals surface area contributed by atoms with Crippen molar-refractivity contribution in [2.24, 2.45) is 0 Å². The molecule has 0 aliphatic carbocycles. The maximum Gasteiger partial charge on any atom is 0.155 e. The lowest BCUT2D eigenvalue weighted by molar-refractivity contribution is 1.06. The van der Waals surface area contributed by atoms with Gasteiger partial charge in [0.05, 0.1) is 0 Å². The van der Waals surface area contributed by atoms with Gasteiger partial charge in [-0.3, -0.25) is 0 Å². The minimum atomic E-state index is 0.502. The first kappa shape index (κ1) is 16.1. The van der Waals surface area contributed by atoms with Crippen molar-refractivity contribution in [3.63, 3.8) is 0 Å². The van der Waals surface area contributed by atoms with Crippen LogP contribution in [0.5, 0.6) is 0 Å². The fourth-order valence-corrected chi connectivity index (χ4v) is 2.37. The summed E-state index contributed by atoms with van der Waals surface area (Å²) in [5.74, 6) is 1.22. The van der Waals surface area contributed by atoms with Crippen molar-refractivity contribution in [3.05, 3.63) is 77.1 Å². The number of nitrogens with zero attached hydrogens (tertiary/aromatic N) is 2. The topological polar surface area (TPSA) is 75.9 Å². The van der Waals surface area contributed by atoms with Crippen LogP contribution < -0.4 is 16.4 Å². The number of benzene rings is 2. The second-order valence-corrected chi connectivity index (χ2v) is 5.74. The van der Waals surface area contributed by atoms with Crippen LogP contribution in [0.1, 0.15) is 11.1 Å². The number of hydrogen-bond donors (Lipinski definition) is 3. The zero-order valence-electron chi connectivity index (χ0n) is 13.0. The third kappa shape index (κ3) is 4.14. The molecule has 0 saturated carbocycles. The van der Waals surface area contributed by atoms with E-state index in [1.807, 2.05) is 54.6 Å². The Morgan fingerprint density at radius 1 is 0.792 bits per heavy atom. The van der Waals surface area contributed by atoms with Crippen molar-refractivity contribution in [3.8, 4) is 0 Å². The molecule has 0 fully saturated rings. The third-order valence-corrected chi connectivity index (χ3v) is 3.81. The summed E-state index contributed by atoms with van der Waals surface area (Å²) in [4.78, 5) is 8.43. The molecule has 0 unspecified atom stereocenters. The van der Waals surface area contributed by atoms with Crippen molar-refractivity contribution < 1.29 is 0 Å². The first-order chi connectivity index (χ1) is 11.7. The van der Waals surface area contributed by atoms with E-state index in [0.717, 1.165) is 11.1 Å². The summed E-state index contributed by atoms with van der Waals surface area (Å²) in [6.07, 6.45) is 1.49. The molecule has 1 aromatic heterocycles. The summed E-state index contributed by atoms with van der Waals surface area (Å²) in [5.41, 5.74) is 8.92. The Hall–Kier alpha value is -2.79. The van der Waals surface area contributed by atoms with E-state index in [0.29, 0.717) is 35.4 Å². The molecule has 3 rings (SSSR count). The van der Waals surface area contributed by atoms with E-state index in [2.05, 4.69) is 20.6 Å². The zero-order chi connectivity index (χ0) is 16.8. The maximum atomic E-state index is 6.16. The van der Waals surface area contributed by atoms with Gasteiger partial charge in [0.2, 0.25) is 0 Å². The van der Waals surface area contributed by atoms with Gasteiger partial charge < -0.3 is 16.4 Å². The number of nitrogen functional groups attached to an aromatic ring is 1. The molecule has 122 valence electrons. The van der Waals surface area contributed by atoms with Crippen molar-refractivity contribution >= 4 is 28.9 Å². The summed E-state index contributed by atoms with van der Waals surface area (Å²) in [6, 6.07) is 17.7. The average molecular weight is 340 g/mol. The van der Waals surface area contributed by atoms with Gasteiger partial charge in [0.1, 0.15) is 12.0 Å². The number of nitrogens with one attached hydrogen (secondary N) is 2. The van der Waals surface area contributed by atoms with Crippen LogP contribution in [0, 0.1) is 0 Å². The van der Waals surface area contributed by atoms with E-state index in [4.69, 9.17) is 17.3 Å². The lowest BCUT2D eigenvalue weighted by atomic mass is 10.2. The molecule has 0 bridgehead atoms. The standard InChI is InChI=1S/C18H18ClN5/c19-15-8-6-14(7-9-15)11-22-18-16(20)17(23-12-24-18)21-10-13-4-2-1-3-5-13/h1-9,12H,10-11,20H2,(H2,21,22,23,24). The van der Waals surface area contributed by atoms with Crippen LogP contribution in [0.4, 0.5) is 17.3 Å². The molecule has 0 aliphatic heterocycles. The number of anilines is 3. The molecule has 0 spiro atoms. The van der Waals surface area contributed by atoms with Gasteiger partial charge in [-0.05, 0) is 23.3 Å². The molecule has 0 amide bonds. The summed E-state index contributed by atoms with van der Waals surface area (Å²) in [7, 11) is 0. The minimum absolute atomic E-state index is 0.502. The molecule has 24 heavy (non-hydrogen) atoms. The Morgan fingerprint density at radius 2 is 1.33 bits per heavy atom. The molecular formula is C18H18ClN5. The molecule has 6 heteroatoms. The molecular weight excluding hydrogens is 322 g/mol. The molecule has 0 atom stereocenters. The predicted molar refractivity (Wildman–Crippen MR) is 99.0 cm³/mol. The van der Waals surface area contributed by atoms with Gasteiger partial charge in [0.25, 0.3) is 0 Å². The maximum absolute atomic E-state index is 6.16. The van der Waals surface area contributed by atoms with Crippen LogP contribution >= 0.6 is 11.6 Å². The SMILES string of the molecule is Nc1c(NCc2ccccc2)ncnc1NCc1ccc(Cl)cc1. The van der Waals surface area contributed by atoms with E-state index in [-0.39, 0.29) is 0 Å². The average Bonchev–Trinajstić information content (AvgIpc) is 2.62. The number of rotatable bonds is 6. The van der Waals surface area contributed by atoms with Crippen LogP contribution in [-0.4, -0.2) is 9.97 Å². The van der Waals surface area contributed by atoms with Crippen molar-refractivity contribution in [2.75, 3.05) is 16.4 Å². The Kier molecular flexibility index (Phi) is 5.13. The summed E-state index contributed by atoms with van der Waals surface area (Å²) < 4.78 is 0. The van der Waals surface area contributed by atoms with E-state index in [1.165, 1.54) is 6.33 Å². The second kappa shape index (κ2) is 7.66. The highest BCUT2D eigenvalue weighted by molar-refractivity contribution is 6.30.